The Bertz CT molecular complexity index is 815. The van der Waals surface area contributed by atoms with Crippen LogP contribution in [0.3, 0.4) is 0 Å². The van der Waals surface area contributed by atoms with E-state index in [-0.39, 0.29) is 24.4 Å². The molecular weight excluding hydrogens is 370 g/mol. The molecule has 1 N–H and O–H groups in total. The van der Waals surface area contributed by atoms with Gasteiger partial charge in [0.25, 0.3) is 5.92 Å². The van der Waals surface area contributed by atoms with Crippen molar-refractivity contribution in [3.8, 4) is 0 Å². The molecule has 1 amide bonds. The van der Waals surface area contributed by atoms with E-state index in [0.29, 0.717) is 0 Å². The molecule has 0 radical (unpaired) electrons. The molecule has 10 heteroatoms. The average Bonchev–Trinajstić information content (AvgIpc) is 3.19. The maximum absolute atomic E-state index is 13.4. The topological polar surface area (TPSA) is 105 Å². The number of sulfone groups is 1. The first-order valence-corrected chi connectivity index (χ1v) is 9.71. The fourth-order valence-electron chi connectivity index (χ4n) is 3.64. The molecule has 1 aromatic heterocycles. The highest BCUT2D eigenvalue weighted by Gasteiger charge is 2.51. The van der Waals surface area contributed by atoms with Crippen molar-refractivity contribution in [1.29, 1.82) is 0 Å². The molecule has 1 saturated carbocycles. The maximum Gasteiger partial charge on any atom is 0.307 e. The number of halogens is 2. The van der Waals surface area contributed by atoms with Crippen LogP contribution in [0.5, 0.6) is 0 Å². The fraction of sp³-hybridized carbons (Fsp3) is 0.562. The molecule has 3 rings (SSSR count). The number of carbonyl (C=O) groups excluding carboxylic acids is 1. The molecule has 1 saturated heterocycles. The second kappa shape index (κ2) is 6.57. The zero-order chi connectivity index (χ0) is 19.1. The van der Waals surface area contributed by atoms with Gasteiger partial charge in [0, 0.05) is 19.2 Å². The Morgan fingerprint density at radius 3 is 2.46 bits per heavy atom. The number of nitrogens with zero attached hydrogens (tertiary/aromatic N) is 2. The van der Waals surface area contributed by atoms with Crippen LogP contribution < -0.4 is 0 Å². The Morgan fingerprint density at radius 2 is 1.92 bits per heavy atom. The second-order valence-corrected chi connectivity index (χ2v) is 8.90. The van der Waals surface area contributed by atoms with Crippen LogP contribution in [0, 0.1) is 11.8 Å². The van der Waals surface area contributed by atoms with Crippen LogP contribution in [0.15, 0.2) is 29.4 Å². The molecule has 1 aliphatic carbocycles. The van der Waals surface area contributed by atoms with E-state index in [1.807, 2.05) is 0 Å². The number of carboxylic acid groups (broad SMARTS) is 1. The van der Waals surface area contributed by atoms with E-state index in [1.54, 1.807) is 6.07 Å². The first kappa shape index (κ1) is 18.7. The third-order valence-electron chi connectivity index (χ3n) is 5.00. The third kappa shape index (κ3) is 3.42. The second-order valence-electron chi connectivity index (χ2n) is 6.72. The van der Waals surface area contributed by atoms with Gasteiger partial charge in [0.05, 0.1) is 23.6 Å². The van der Waals surface area contributed by atoms with Gasteiger partial charge in [-0.1, -0.05) is 6.07 Å². The molecule has 7 nitrogen and oxygen atoms in total. The van der Waals surface area contributed by atoms with Crippen LogP contribution in [0.4, 0.5) is 8.78 Å². The number of carboxylic acids is 1. The number of rotatable bonds is 4. The summed E-state index contributed by atoms with van der Waals surface area (Å²) in [7, 11) is -3.91. The summed E-state index contributed by atoms with van der Waals surface area (Å²) in [6, 6.07) is 4.35. The normalized spacial score (nSPS) is 28.2. The van der Waals surface area contributed by atoms with E-state index in [2.05, 4.69) is 4.98 Å². The molecule has 2 heterocycles. The molecule has 2 fully saturated rings. The number of aliphatic carboxylic acids is 1. The van der Waals surface area contributed by atoms with Gasteiger partial charge in [0.1, 0.15) is 0 Å². The van der Waals surface area contributed by atoms with Crippen molar-refractivity contribution in [3.63, 3.8) is 0 Å². The van der Waals surface area contributed by atoms with Gasteiger partial charge < -0.3 is 10.0 Å². The lowest BCUT2D eigenvalue weighted by Crippen LogP contribution is -2.39. The van der Waals surface area contributed by atoms with Crippen molar-refractivity contribution in [2.45, 2.75) is 35.5 Å². The zero-order valence-electron chi connectivity index (χ0n) is 13.7. The van der Waals surface area contributed by atoms with E-state index < -0.39 is 57.7 Å². The quantitative estimate of drug-likeness (QED) is 0.831. The molecule has 3 atom stereocenters. The average molecular weight is 388 g/mol. The van der Waals surface area contributed by atoms with Crippen molar-refractivity contribution in [2.75, 3.05) is 13.1 Å². The van der Waals surface area contributed by atoms with Crippen LogP contribution in [-0.2, 0) is 19.4 Å². The molecule has 1 aliphatic heterocycles. The Kier molecular flexibility index (Phi) is 4.72. The van der Waals surface area contributed by atoms with Crippen molar-refractivity contribution in [3.05, 3.63) is 24.4 Å². The van der Waals surface area contributed by atoms with Crippen molar-refractivity contribution < 1.29 is 31.9 Å². The van der Waals surface area contributed by atoms with Crippen molar-refractivity contribution in [1.82, 2.24) is 9.88 Å². The minimum absolute atomic E-state index is 0.160. The number of likely N-dealkylation sites (tertiary alicyclic amines) is 1. The Morgan fingerprint density at radius 1 is 1.23 bits per heavy atom. The predicted octanol–water partition coefficient (Wildman–Crippen LogP) is 1.20. The highest BCUT2D eigenvalue weighted by atomic mass is 32.2. The molecule has 142 valence electrons. The summed E-state index contributed by atoms with van der Waals surface area (Å²) in [6.45, 7) is -0.918. The van der Waals surface area contributed by atoms with Gasteiger partial charge in [0.15, 0.2) is 14.9 Å². The third-order valence-corrected chi connectivity index (χ3v) is 7.09. The van der Waals surface area contributed by atoms with Crippen LogP contribution in [0.25, 0.3) is 0 Å². The van der Waals surface area contributed by atoms with Gasteiger partial charge in [-0.25, -0.2) is 22.2 Å². The molecular formula is C16H18F2N2O5S. The van der Waals surface area contributed by atoms with Gasteiger partial charge >= 0.3 is 5.97 Å². The van der Waals surface area contributed by atoms with Crippen LogP contribution in [0.2, 0.25) is 0 Å². The number of alkyl halides is 2. The highest BCUT2D eigenvalue weighted by molar-refractivity contribution is 7.92. The van der Waals surface area contributed by atoms with Gasteiger partial charge in [-0.2, -0.15) is 0 Å². The molecule has 1 unspecified atom stereocenters. The highest BCUT2D eigenvalue weighted by Crippen LogP contribution is 2.40. The number of hydrogen-bond acceptors (Lipinski definition) is 5. The number of hydrogen-bond donors (Lipinski definition) is 1. The maximum atomic E-state index is 13.4. The van der Waals surface area contributed by atoms with E-state index in [0.717, 1.165) is 4.90 Å². The fourth-order valence-corrected chi connectivity index (χ4v) is 5.37. The first-order valence-electron chi connectivity index (χ1n) is 8.16. The van der Waals surface area contributed by atoms with E-state index in [9.17, 15) is 31.9 Å². The number of aromatic nitrogens is 1. The summed E-state index contributed by atoms with van der Waals surface area (Å²) in [4.78, 5) is 28.9. The summed E-state index contributed by atoms with van der Waals surface area (Å²) < 4.78 is 52.1. The lowest BCUT2D eigenvalue weighted by molar-refractivity contribution is -0.149. The summed E-state index contributed by atoms with van der Waals surface area (Å²) in [5, 5.41) is 8.13. The first-order chi connectivity index (χ1) is 12.1. The Labute approximate surface area is 148 Å². The Balaban J connectivity index is 1.83. The molecule has 0 bridgehead atoms. The van der Waals surface area contributed by atoms with E-state index in [1.165, 1.54) is 18.3 Å². The lowest BCUT2D eigenvalue weighted by atomic mass is 9.95. The summed E-state index contributed by atoms with van der Waals surface area (Å²) >= 11 is 0. The summed E-state index contributed by atoms with van der Waals surface area (Å²) in [5.41, 5.74) is 0. The molecule has 0 aromatic carbocycles. The zero-order valence-corrected chi connectivity index (χ0v) is 14.5. The standard InChI is InChI=1S/C16H18F2N2O5S/c17-16(18)4-6-20(9-16)14(21)11-7-10(8-12(11)15(22)23)26(24,25)13-3-1-2-5-19-13/h1-3,5,10-12H,4,6-9H2,(H,22,23)/t10?,11-,12-/m1/s1. The SMILES string of the molecule is O=C(O)[C@@H]1CC(S(=O)(=O)c2ccccn2)C[C@H]1C(=O)N1CCC(F)(F)C1. The molecule has 0 spiro atoms. The van der Waals surface area contributed by atoms with Crippen molar-refractivity contribution >= 4 is 21.7 Å². The monoisotopic (exact) mass is 388 g/mol. The van der Waals surface area contributed by atoms with Crippen molar-refractivity contribution in [2.24, 2.45) is 11.8 Å². The van der Waals surface area contributed by atoms with E-state index >= 15 is 0 Å². The van der Waals surface area contributed by atoms with E-state index in [4.69, 9.17) is 0 Å². The van der Waals surface area contributed by atoms with Gasteiger partial charge in [-0.15, -0.1) is 0 Å². The number of carbonyl (C=O) groups is 2. The minimum atomic E-state index is -3.91. The molecule has 2 aliphatic rings. The lowest BCUT2D eigenvalue weighted by Gasteiger charge is -2.22. The van der Waals surface area contributed by atoms with Crippen LogP contribution >= 0.6 is 0 Å². The van der Waals surface area contributed by atoms with Gasteiger partial charge in [-0.3, -0.25) is 9.59 Å². The number of pyridine rings is 1. The van der Waals surface area contributed by atoms with Gasteiger partial charge in [-0.05, 0) is 25.0 Å². The minimum Gasteiger partial charge on any atom is -0.481 e. The van der Waals surface area contributed by atoms with Crippen LogP contribution in [0.1, 0.15) is 19.3 Å². The molecule has 26 heavy (non-hydrogen) atoms. The summed E-state index contributed by atoms with van der Waals surface area (Å²) in [6.07, 6.45) is 0.385. The van der Waals surface area contributed by atoms with Gasteiger partial charge in [0.2, 0.25) is 5.91 Å². The number of amides is 1. The summed E-state index contributed by atoms with van der Waals surface area (Å²) in [5.74, 6) is -7.36. The molecule has 1 aromatic rings. The largest absolute Gasteiger partial charge is 0.481 e. The Hall–Kier alpha value is -2.10. The van der Waals surface area contributed by atoms with Crippen LogP contribution in [-0.4, -0.2) is 59.5 Å². The smallest absolute Gasteiger partial charge is 0.307 e. The predicted molar refractivity (Wildman–Crippen MR) is 85.2 cm³/mol.